The molecular weight excluding hydrogens is 296 g/mol. The molecule has 1 heterocycles. The highest BCUT2D eigenvalue weighted by atomic mass is 16.4. The predicted octanol–water partition coefficient (Wildman–Crippen LogP) is 1.81. The van der Waals surface area contributed by atoms with Crippen molar-refractivity contribution >= 4 is 11.9 Å². The van der Waals surface area contributed by atoms with Crippen LogP contribution in [0.2, 0.25) is 0 Å². The number of nitrogens with one attached hydrogen (secondary N) is 1. The number of hydrogen-bond acceptors (Lipinski definition) is 4. The van der Waals surface area contributed by atoms with Crippen LogP contribution in [-0.4, -0.2) is 38.5 Å². The van der Waals surface area contributed by atoms with Gasteiger partial charge in [-0.1, -0.05) is 36.3 Å². The lowest BCUT2D eigenvalue weighted by Crippen LogP contribution is -2.33. The Morgan fingerprint density at radius 3 is 2.61 bits per heavy atom. The van der Waals surface area contributed by atoms with Crippen molar-refractivity contribution < 1.29 is 14.7 Å². The van der Waals surface area contributed by atoms with Gasteiger partial charge in [0.1, 0.15) is 0 Å². The molecule has 2 aromatic rings. The Bertz CT molecular complexity index is 679. The highest BCUT2D eigenvalue weighted by Crippen LogP contribution is 2.09. The molecule has 1 unspecified atom stereocenters. The smallest absolute Gasteiger partial charge is 0.308 e. The van der Waals surface area contributed by atoms with Gasteiger partial charge in [-0.3, -0.25) is 9.59 Å². The predicted molar refractivity (Wildman–Crippen MR) is 84.5 cm³/mol. The summed E-state index contributed by atoms with van der Waals surface area (Å²) in [5.41, 5.74) is 2.09. The summed E-state index contributed by atoms with van der Waals surface area (Å²) in [6.07, 6.45) is 2.79. The number of carbonyl (C=O) groups excluding carboxylic acids is 1. The minimum absolute atomic E-state index is 0.0827. The van der Waals surface area contributed by atoms with Crippen LogP contribution in [0.15, 0.2) is 30.5 Å². The van der Waals surface area contributed by atoms with Crippen LogP contribution in [0.1, 0.15) is 35.8 Å². The van der Waals surface area contributed by atoms with Crippen molar-refractivity contribution in [3.8, 4) is 5.69 Å². The van der Waals surface area contributed by atoms with Crippen molar-refractivity contribution in [2.45, 2.75) is 26.7 Å². The zero-order chi connectivity index (χ0) is 16.8. The quantitative estimate of drug-likeness (QED) is 0.812. The molecule has 1 atom stereocenters. The summed E-state index contributed by atoms with van der Waals surface area (Å²) < 4.78 is 1.51. The number of carboxylic acid groups (broad SMARTS) is 1. The Morgan fingerprint density at radius 1 is 1.30 bits per heavy atom. The topological polar surface area (TPSA) is 97.1 Å². The molecule has 0 bridgehead atoms. The second-order valence-electron chi connectivity index (χ2n) is 5.42. The zero-order valence-corrected chi connectivity index (χ0v) is 13.2. The average Bonchev–Trinajstić information content (AvgIpc) is 3.01. The van der Waals surface area contributed by atoms with E-state index in [1.165, 1.54) is 10.9 Å². The molecule has 0 spiro atoms. The maximum Gasteiger partial charge on any atom is 0.308 e. The standard InChI is InChI=1S/C16H20N4O3/c1-3-4-12(16(22)23)9-17-15(21)14-10-20(19-18-14)13-7-5-11(2)6-8-13/h5-8,10,12H,3-4,9H2,1-2H3,(H,17,21)(H,22,23). The summed E-state index contributed by atoms with van der Waals surface area (Å²) in [6, 6.07) is 7.65. The Balaban J connectivity index is 2.01. The van der Waals surface area contributed by atoms with Gasteiger partial charge in [0.25, 0.3) is 5.91 Å². The molecular formula is C16H20N4O3. The van der Waals surface area contributed by atoms with Gasteiger partial charge in [-0.05, 0) is 25.5 Å². The van der Waals surface area contributed by atoms with Gasteiger partial charge in [-0.15, -0.1) is 5.10 Å². The van der Waals surface area contributed by atoms with Crippen LogP contribution in [0.5, 0.6) is 0 Å². The molecule has 0 radical (unpaired) electrons. The second-order valence-corrected chi connectivity index (χ2v) is 5.42. The van der Waals surface area contributed by atoms with Crippen LogP contribution < -0.4 is 5.32 Å². The number of nitrogens with zero attached hydrogens (tertiary/aromatic N) is 3. The third-order valence-corrected chi connectivity index (χ3v) is 3.52. The minimum atomic E-state index is -0.907. The fraction of sp³-hybridized carbons (Fsp3) is 0.375. The molecule has 0 aliphatic carbocycles. The summed E-state index contributed by atoms with van der Waals surface area (Å²) >= 11 is 0. The first kappa shape index (κ1) is 16.7. The third-order valence-electron chi connectivity index (χ3n) is 3.52. The van der Waals surface area contributed by atoms with Gasteiger partial charge in [0, 0.05) is 6.54 Å². The van der Waals surface area contributed by atoms with E-state index in [4.69, 9.17) is 5.11 Å². The summed E-state index contributed by atoms with van der Waals surface area (Å²) in [6.45, 7) is 3.98. The number of aromatic nitrogens is 3. The maximum absolute atomic E-state index is 12.1. The van der Waals surface area contributed by atoms with Crippen LogP contribution in [-0.2, 0) is 4.79 Å². The van der Waals surface area contributed by atoms with E-state index in [1.807, 2.05) is 38.1 Å². The minimum Gasteiger partial charge on any atom is -0.481 e. The molecule has 0 saturated heterocycles. The van der Waals surface area contributed by atoms with Crippen molar-refractivity contribution in [2.75, 3.05) is 6.54 Å². The molecule has 122 valence electrons. The SMILES string of the molecule is CCCC(CNC(=O)c1cn(-c2ccc(C)cc2)nn1)C(=O)O. The van der Waals surface area contributed by atoms with E-state index in [9.17, 15) is 9.59 Å². The van der Waals surface area contributed by atoms with Crippen molar-refractivity contribution in [1.82, 2.24) is 20.3 Å². The fourth-order valence-corrected chi connectivity index (χ4v) is 2.16. The Kier molecular flexibility index (Phi) is 5.46. The Labute approximate surface area is 134 Å². The summed E-state index contributed by atoms with van der Waals surface area (Å²) in [7, 11) is 0. The van der Waals surface area contributed by atoms with Gasteiger partial charge in [0.15, 0.2) is 5.69 Å². The normalized spacial score (nSPS) is 11.9. The monoisotopic (exact) mass is 316 g/mol. The molecule has 1 amide bonds. The van der Waals surface area contributed by atoms with Gasteiger partial charge in [0.2, 0.25) is 0 Å². The maximum atomic E-state index is 12.1. The highest BCUT2D eigenvalue weighted by Gasteiger charge is 2.19. The van der Waals surface area contributed by atoms with Crippen molar-refractivity contribution in [2.24, 2.45) is 5.92 Å². The lowest BCUT2D eigenvalue weighted by molar-refractivity contribution is -0.141. The summed E-state index contributed by atoms with van der Waals surface area (Å²) in [4.78, 5) is 23.1. The number of benzene rings is 1. The van der Waals surface area contributed by atoms with Crippen molar-refractivity contribution in [3.05, 3.63) is 41.7 Å². The number of amides is 1. The Hall–Kier alpha value is -2.70. The number of aryl methyl sites for hydroxylation is 1. The van der Waals surface area contributed by atoms with Gasteiger partial charge < -0.3 is 10.4 Å². The van der Waals surface area contributed by atoms with E-state index in [0.29, 0.717) is 6.42 Å². The first-order chi connectivity index (χ1) is 11.0. The van der Waals surface area contributed by atoms with Crippen LogP contribution in [0.4, 0.5) is 0 Å². The van der Waals surface area contributed by atoms with Crippen molar-refractivity contribution in [1.29, 1.82) is 0 Å². The Morgan fingerprint density at radius 2 is 2.00 bits per heavy atom. The van der Waals surface area contributed by atoms with Gasteiger partial charge in [-0.25, -0.2) is 4.68 Å². The lowest BCUT2D eigenvalue weighted by Gasteiger charge is -2.11. The summed E-state index contributed by atoms with van der Waals surface area (Å²) in [5.74, 6) is -1.92. The lowest BCUT2D eigenvalue weighted by atomic mass is 10.0. The number of carboxylic acids is 1. The van der Waals surface area contributed by atoms with Crippen LogP contribution >= 0.6 is 0 Å². The van der Waals surface area contributed by atoms with Crippen molar-refractivity contribution in [3.63, 3.8) is 0 Å². The first-order valence-corrected chi connectivity index (χ1v) is 7.51. The van der Waals surface area contributed by atoms with Crippen LogP contribution in [0, 0.1) is 12.8 Å². The van der Waals surface area contributed by atoms with Gasteiger partial charge in [0.05, 0.1) is 17.8 Å². The van der Waals surface area contributed by atoms with E-state index in [2.05, 4.69) is 15.6 Å². The number of hydrogen-bond donors (Lipinski definition) is 2. The summed E-state index contributed by atoms with van der Waals surface area (Å²) in [5, 5.41) is 19.4. The number of carbonyl (C=O) groups is 2. The van der Waals surface area contributed by atoms with E-state index in [0.717, 1.165) is 17.7 Å². The molecule has 7 heteroatoms. The molecule has 23 heavy (non-hydrogen) atoms. The number of aliphatic carboxylic acids is 1. The molecule has 0 saturated carbocycles. The zero-order valence-electron chi connectivity index (χ0n) is 13.2. The largest absolute Gasteiger partial charge is 0.481 e. The molecule has 7 nitrogen and oxygen atoms in total. The first-order valence-electron chi connectivity index (χ1n) is 7.51. The average molecular weight is 316 g/mol. The fourth-order valence-electron chi connectivity index (χ4n) is 2.16. The third kappa shape index (κ3) is 4.38. The molecule has 2 rings (SSSR count). The van der Waals surface area contributed by atoms with Crippen LogP contribution in [0.25, 0.3) is 5.69 Å². The molecule has 1 aromatic heterocycles. The molecule has 0 fully saturated rings. The van der Waals surface area contributed by atoms with E-state index in [-0.39, 0.29) is 12.2 Å². The van der Waals surface area contributed by atoms with Crippen LogP contribution in [0.3, 0.4) is 0 Å². The van der Waals surface area contributed by atoms with E-state index >= 15 is 0 Å². The molecule has 2 N–H and O–H groups in total. The molecule has 0 aliphatic rings. The highest BCUT2D eigenvalue weighted by molar-refractivity contribution is 5.92. The second kappa shape index (κ2) is 7.53. The van der Waals surface area contributed by atoms with Gasteiger partial charge in [-0.2, -0.15) is 0 Å². The van der Waals surface area contributed by atoms with E-state index < -0.39 is 17.8 Å². The van der Waals surface area contributed by atoms with E-state index in [1.54, 1.807) is 0 Å². The van der Waals surface area contributed by atoms with Gasteiger partial charge >= 0.3 is 5.97 Å². The molecule has 0 aliphatic heterocycles. The number of rotatable bonds is 7. The molecule has 1 aromatic carbocycles.